The molecule has 2 N–H and O–H groups in total. The molecule has 1 aliphatic carbocycles. The second-order valence-corrected chi connectivity index (χ2v) is 8.16. The Hall–Kier alpha value is -2.02. The Labute approximate surface area is 150 Å². The number of thiophene rings is 1. The third-order valence-corrected chi connectivity index (χ3v) is 6.11. The summed E-state index contributed by atoms with van der Waals surface area (Å²) < 4.78 is 0. The van der Waals surface area contributed by atoms with Gasteiger partial charge in [0.05, 0.1) is 11.8 Å². The maximum Gasteiger partial charge on any atom is 0.259 e. The van der Waals surface area contributed by atoms with Crippen LogP contribution >= 0.6 is 11.3 Å². The fourth-order valence-corrected chi connectivity index (χ4v) is 4.48. The summed E-state index contributed by atoms with van der Waals surface area (Å²) in [4.78, 5) is 33.4. The maximum atomic E-state index is 12.3. The summed E-state index contributed by atoms with van der Waals surface area (Å²) in [6.45, 7) is 8.18. The number of hydrogen-bond donors (Lipinski definition) is 2. The summed E-state index contributed by atoms with van der Waals surface area (Å²) in [5.41, 5.74) is 4.46. The van der Waals surface area contributed by atoms with Crippen molar-refractivity contribution in [2.45, 2.75) is 53.4 Å². The highest BCUT2D eigenvalue weighted by Crippen LogP contribution is 2.26. The summed E-state index contributed by atoms with van der Waals surface area (Å²) >= 11 is 1.48. The molecular weight excluding hydrogens is 336 g/mol. The van der Waals surface area contributed by atoms with Gasteiger partial charge in [0.1, 0.15) is 10.7 Å². The third kappa shape index (κ3) is 3.66. The molecule has 7 heteroatoms. The molecule has 1 amide bonds. The van der Waals surface area contributed by atoms with Gasteiger partial charge in [-0.25, -0.2) is 10.4 Å². The molecule has 6 nitrogen and oxygen atoms in total. The van der Waals surface area contributed by atoms with Crippen molar-refractivity contribution in [3.05, 3.63) is 26.6 Å². The van der Waals surface area contributed by atoms with Crippen molar-refractivity contribution in [2.75, 3.05) is 0 Å². The number of hydrazone groups is 1. The SMILES string of the molecule is Cc1sc2nc(CC(=O)NN=C3[C@H](C)CCC[C@H]3C)[nH]c(=O)c2c1C. The van der Waals surface area contributed by atoms with Crippen molar-refractivity contribution in [3.8, 4) is 0 Å². The van der Waals surface area contributed by atoms with E-state index in [0.29, 0.717) is 27.9 Å². The van der Waals surface area contributed by atoms with Crippen molar-refractivity contribution in [3.63, 3.8) is 0 Å². The summed E-state index contributed by atoms with van der Waals surface area (Å²) in [6, 6.07) is 0. The minimum absolute atomic E-state index is 0.0146. The van der Waals surface area contributed by atoms with Crippen molar-refractivity contribution >= 4 is 33.2 Å². The molecule has 0 aromatic carbocycles. The van der Waals surface area contributed by atoms with Crippen LogP contribution in [0.2, 0.25) is 0 Å². The Bertz CT molecular complexity index is 884. The van der Waals surface area contributed by atoms with E-state index in [-0.39, 0.29) is 17.9 Å². The van der Waals surface area contributed by atoms with Gasteiger partial charge in [-0.2, -0.15) is 5.10 Å². The smallest absolute Gasteiger partial charge is 0.259 e. The van der Waals surface area contributed by atoms with E-state index in [9.17, 15) is 9.59 Å². The number of nitrogens with zero attached hydrogens (tertiary/aromatic N) is 2. The fourth-order valence-electron chi connectivity index (χ4n) is 3.43. The topological polar surface area (TPSA) is 87.2 Å². The van der Waals surface area contributed by atoms with Crippen LogP contribution in [0.5, 0.6) is 0 Å². The minimum Gasteiger partial charge on any atom is -0.309 e. The molecule has 0 saturated heterocycles. The van der Waals surface area contributed by atoms with E-state index >= 15 is 0 Å². The molecule has 2 aromatic heterocycles. The van der Waals surface area contributed by atoms with Gasteiger partial charge in [-0.1, -0.05) is 20.3 Å². The standard InChI is InChI=1S/C18H24N4O2S/c1-9-6-5-7-10(2)16(9)22-21-14(23)8-13-19-17(24)15-11(3)12(4)25-18(15)20-13/h9-10H,5-8H2,1-4H3,(H,21,23)(H,19,20,24)/t9-,10-/m1/s1. The van der Waals surface area contributed by atoms with E-state index in [4.69, 9.17) is 0 Å². The predicted molar refractivity (Wildman–Crippen MR) is 101 cm³/mol. The highest BCUT2D eigenvalue weighted by molar-refractivity contribution is 7.18. The molecule has 1 fully saturated rings. The average Bonchev–Trinajstić information content (AvgIpc) is 2.81. The zero-order chi connectivity index (χ0) is 18.1. The lowest BCUT2D eigenvalue weighted by Gasteiger charge is -2.26. The molecule has 3 rings (SSSR count). The quantitative estimate of drug-likeness (QED) is 0.825. The van der Waals surface area contributed by atoms with Gasteiger partial charge in [0.2, 0.25) is 5.91 Å². The first kappa shape index (κ1) is 17.8. The molecule has 134 valence electrons. The number of aromatic nitrogens is 2. The van der Waals surface area contributed by atoms with Crippen molar-refractivity contribution < 1.29 is 4.79 Å². The monoisotopic (exact) mass is 360 g/mol. The van der Waals surface area contributed by atoms with Gasteiger partial charge in [0, 0.05) is 10.6 Å². The van der Waals surface area contributed by atoms with Crippen LogP contribution < -0.4 is 11.0 Å². The highest BCUT2D eigenvalue weighted by Gasteiger charge is 2.23. The van der Waals surface area contributed by atoms with Gasteiger partial charge in [0.25, 0.3) is 5.56 Å². The third-order valence-electron chi connectivity index (χ3n) is 5.01. The van der Waals surface area contributed by atoms with Crippen LogP contribution in [0.25, 0.3) is 10.2 Å². The second kappa shape index (κ2) is 7.07. The lowest BCUT2D eigenvalue weighted by Crippen LogP contribution is -2.30. The molecule has 0 unspecified atom stereocenters. The van der Waals surface area contributed by atoms with E-state index < -0.39 is 0 Å². The lowest BCUT2D eigenvalue weighted by molar-refractivity contribution is -0.120. The molecule has 1 aliphatic rings. The molecule has 0 bridgehead atoms. The van der Waals surface area contributed by atoms with Gasteiger partial charge >= 0.3 is 0 Å². The molecule has 2 aromatic rings. The number of aryl methyl sites for hydroxylation is 2. The van der Waals surface area contributed by atoms with Crippen LogP contribution in [0.4, 0.5) is 0 Å². The number of rotatable bonds is 3. The largest absolute Gasteiger partial charge is 0.309 e. The van der Waals surface area contributed by atoms with E-state index in [1.54, 1.807) is 0 Å². The fraction of sp³-hybridized carbons (Fsp3) is 0.556. The first-order valence-electron chi connectivity index (χ1n) is 8.72. The molecule has 25 heavy (non-hydrogen) atoms. The van der Waals surface area contributed by atoms with Gasteiger partial charge in [0.15, 0.2) is 0 Å². The number of amides is 1. The molecule has 0 spiro atoms. The van der Waals surface area contributed by atoms with Crippen LogP contribution in [0.3, 0.4) is 0 Å². The molecule has 0 aliphatic heterocycles. The molecule has 2 heterocycles. The number of carbonyl (C=O) groups is 1. The summed E-state index contributed by atoms with van der Waals surface area (Å²) in [7, 11) is 0. The van der Waals surface area contributed by atoms with Crippen LogP contribution in [0.15, 0.2) is 9.90 Å². The minimum atomic E-state index is -0.259. The van der Waals surface area contributed by atoms with E-state index in [2.05, 4.69) is 34.3 Å². The number of hydrogen-bond acceptors (Lipinski definition) is 5. The molecule has 1 saturated carbocycles. The van der Waals surface area contributed by atoms with Crippen molar-refractivity contribution in [1.29, 1.82) is 0 Å². The Morgan fingerprint density at radius 2 is 2.00 bits per heavy atom. The molecule has 2 atom stereocenters. The van der Waals surface area contributed by atoms with Crippen LogP contribution in [0.1, 0.15) is 49.4 Å². The first-order chi connectivity index (χ1) is 11.9. The van der Waals surface area contributed by atoms with Gasteiger partial charge in [-0.15, -0.1) is 11.3 Å². The summed E-state index contributed by atoms with van der Waals surface area (Å²) in [6.07, 6.45) is 3.45. The van der Waals surface area contributed by atoms with E-state index in [0.717, 1.165) is 29.0 Å². The van der Waals surface area contributed by atoms with Crippen LogP contribution in [-0.2, 0) is 11.2 Å². The van der Waals surface area contributed by atoms with Gasteiger partial charge < -0.3 is 4.98 Å². The number of nitrogens with one attached hydrogen (secondary N) is 2. The zero-order valence-corrected chi connectivity index (χ0v) is 15.9. The number of fused-ring (bicyclic) bond motifs is 1. The Morgan fingerprint density at radius 1 is 1.32 bits per heavy atom. The average molecular weight is 360 g/mol. The van der Waals surface area contributed by atoms with E-state index in [1.165, 1.54) is 17.8 Å². The van der Waals surface area contributed by atoms with Crippen LogP contribution in [0, 0.1) is 25.7 Å². The van der Waals surface area contributed by atoms with Crippen molar-refractivity contribution in [2.24, 2.45) is 16.9 Å². The van der Waals surface area contributed by atoms with Gasteiger partial charge in [-0.05, 0) is 44.1 Å². The number of carbonyl (C=O) groups excluding carboxylic acids is 1. The Balaban J connectivity index is 1.75. The Kier molecular flexibility index (Phi) is 5.03. The number of H-pyrrole nitrogens is 1. The Morgan fingerprint density at radius 3 is 2.68 bits per heavy atom. The predicted octanol–water partition coefficient (Wildman–Crippen LogP) is 3.07. The lowest BCUT2D eigenvalue weighted by atomic mass is 9.81. The normalized spacial score (nSPS) is 20.7. The van der Waals surface area contributed by atoms with Crippen molar-refractivity contribution in [1.82, 2.24) is 15.4 Å². The number of aromatic amines is 1. The van der Waals surface area contributed by atoms with E-state index in [1.807, 2.05) is 13.8 Å². The molecule has 0 radical (unpaired) electrons. The second-order valence-electron chi connectivity index (χ2n) is 6.96. The highest BCUT2D eigenvalue weighted by atomic mass is 32.1. The summed E-state index contributed by atoms with van der Waals surface area (Å²) in [5.74, 6) is 0.914. The molecular formula is C18H24N4O2S. The zero-order valence-electron chi connectivity index (χ0n) is 15.1. The first-order valence-corrected chi connectivity index (χ1v) is 9.53. The van der Waals surface area contributed by atoms with Crippen LogP contribution in [-0.4, -0.2) is 21.6 Å². The summed E-state index contributed by atoms with van der Waals surface area (Å²) in [5, 5.41) is 4.97. The van der Waals surface area contributed by atoms with Gasteiger partial charge in [-0.3, -0.25) is 9.59 Å². The maximum absolute atomic E-state index is 12.3.